The predicted molar refractivity (Wildman–Crippen MR) is 69.2 cm³/mol. The van der Waals surface area contributed by atoms with E-state index in [9.17, 15) is 18.0 Å². The molecule has 1 N–H and O–H groups in total. The highest BCUT2D eigenvalue weighted by Gasteiger charge is 2.31. The topological polar surface area (TPSA) is 56.1 Å². The average molecular weight is 299 g/mol. The summed E-state index contributed by atoms with van der Waals surface area (Å²) in [5.41, 5.74) is -0.711. The van der Waals surface area contributed by atoms with Gasteiger partial charge >= 0.3 is 6.18 Å². The number of aryl methyl sites for hydroxylation is 1. The molecule has 1 heterocycles. The summed E-state index contributed by atoms with van der Waals surface area (Å²) in [5, 5.41) is 6.22. The highest BCUT2D eigenvalue weighted by molar-refractivity contribution is 6.03. The van der Waals surface area contributed by atoms with Gasteiger partial charge in [0.05, 0.1) is 18.4 Å². The van der Waals surface area contributed by atoms with Crippen LogP contribution in [0.15, 0.2) is 30.5 Å². The average Bonchev–Trinajstić information content (AvgIpc) is 2.84. The fourth-order valence-corrected chi connectivity index (χ4v) is 1.76. The van der Waals surface area contributed by atoms with E-state index in [1.54, 1.807) is 7.05 Å². The molecule has 0 unspecified atom stereocenters. The van der Waals surface area contributed by atoms with Crippen molar-refractivity contribution < 1.29 is 22.7 Å². The van der Waals surface area contributed by atoms with Crippen LogP contribution in [0.25, 0.3) is 0 Å². The summed E-state index contributed by atoms with van der Waals surface area (Å²) in [6, 6.07) is 4.32. The summed E-state index contributed by atoms with van der Waals surface area (Å²) in [5.74, 6) is -0.439. The highest BCUT2D eigenvalue weighted by atomic mass is 19.4. The maximum absolute atomic E-state index is 12.7. The molecule has 21 heavy (non-hydrogen) atoms. The third kappa shape index (κ3) is 3.15. The molecule has 0 saturated heterocycles. The van der Waals surface area contributed by atoms with Gasteiger partial charge in [-0.15, -0.1) is 0 Å². The summed E-state index contributed by atoms with van der Waals surface area (Å²) < 4.78 is 44.4. The monoisotopic (exact) mass is 299 g/mol. The van der Waals surface area contributed by atoms with E-state index < -0.39 is 17.6 Å². The molecule has 5 nitrogen and oxygen atoms in total. The van der Waals surface area contributed by atoms with Crippen molar-refractivity contribution in [3.05, 3.63) is 41.7 Å². The molecule has 8 heteroatoms. The van der Waals surface area contributed by atoms with Crippen LogP contribution in [0.5, 0.6) is 5.75 Å². The quantitative estimate of drug-likeness (QED) is 0.948. The zero-order valence-corrected chi connectivity index (χ0v) is 11.2. The van der Waals surface area contributed by atoms with Crippen LogP contribution in [0, 0.1) is 0 Å². The lowest BCUT2D eigenvalue weighted by Crippen LogP contribution is -2.17. The molecule has 0 aliphatic carbocycles. The second-order valence-corrected chi connectivity index (χ2v) is 4.21. The van der Waals surface area contributed by atoms with Gasteiger partial charge in [-0.3, -0.25) is 9.48 Å². The number of halogens is 3. The van der Waals surface area contributed by atoms with Crippen molar-refractivity contribution in [3.63, 3.8) is 0 Å². The van der Waals surface area contributed by atoms with Crippen molar-refractivity contribution in [2.45, 2.75) is 6.18 Å². The van der Waals surface area contributed by atoms with E-state index in [0.717, 1.165) is 18.2 Å². The summed E-state index contributed by atoms with van der Waals surface area (Å²) in [6.45, 7) is 0. The Labute approximate surface area is 118 Å². The summed E-state index contributed by atoms with van der Waals surface area (Å²) in [6.07, 6.45) is -3.09. The van der Waals surface area contributed by atoms with Gasteiger partial charge in [-0.2, -0.15) is 18.3 Å². The Morgan fingerprint density at radius 3 is 2.57 bits per heavy atom. The molecule has 1 amide bonds. The summed E-state index contributed by atoms with van der Waals surface area (Å²) >= 11 is 0. The lowest BCUT2D eigenvalue weighted by molar-refractivity contribution is -0.137. The van der Waals surface area contributed by atoms with Crippen LogP contribution in [0.1, 0.15) is 16.1 Å². The molecule has 0 bridgehead atoms. The van der Waals surface area contributed by atoms with Crippen LogP contribution < -0.4 is 10.1 Å². The number of aromatic nitrogens is 2. The van der Waals surface area contributed by atoms with Crippen molar-refractivity contribution in [1.82, 2.24) is 9.78 Å². The Bertz CT molecular complexity index is 665. The Hall–Kier alpha value is -2.51. The molecule has 112 valence electrons. The fourth-order valence-electron chi connectivity index (χ4n) is 1.76. The second-order valence-electron chi connectivity index (χ2n) is 4.21. The molecule has 0 saturated carbocycles. The van der Waals surface area contributed by atoms with Crippen molar-refractivity contribution in [3.8, 4) is 5.75 Å². The fraction of sp³-hybridized carbons (Fsp3) is 0.231. The molecule has 1 aromatic carbocycles. The first kappa shape index (κ1) is 14.9. The maximum Gasteiger partial charge on any atom is 0.416 e. The Balaban J connectivity index is 2.34. The van der Waals surface area contributed by atoms with E-state index >= 15 is 0 Å². The number of hydrogen-bond donors (Lipinski definition) is 1. The van der Waals surface area contributed by atoms with Gasteiger partial charge < -0.3 is 10.1 Å². The first-order valence-corrected chi connectivity index (χ1v) is 5.87. The summed E-state index contributed by atoms with van der Waals surface area (Å²) in [7, 11) is 2.86. The van der Waals surface area contributed by atoms with Crippen molar-refractivity contribution in [1.29, 1.82) is 0 Å². The number of nitrogens with zero attached hydrogens (tertiary/aromatic N) is 2. The van der Waals surface area contributed by atoms with Gasteiger partial charge in [-0.1, -0.05) is 0 Å². The molecular formula is C13H12F3N3O2. The number of rotatable bonds is 3. The molecule has 0 aliphatic heterocycles. The summed E-state index contributed by atoms with van der Waals surface area (Å²) in [4.78, 5) is 12.0. The predicted octanol–water partition coefficient (Wildman–Crippen LogP) is 2.70. The molecule has 0 fully saturated rings. The third-order valence-electron chi connectivity index (χ3n) is 2.83. The van der Waals surface area contributed by atoms with Crippen molar-refractivity contribution >= 4 is 11.6 Å². The van der Waals surface area contributed by atoms with Gasteiger partial charge in [0, 0.05) is 13.2 Å². The molecule has 0 spiro atoms. The number of carbonyl (C=O) groups is 1. The third-order valence-corrected chi connectivity index (χ3v) is 2.83. The largest absolute Gasteiger partial charge is 0.495 e. The number of benzene rings is 1. The number of anilines is 1. The van der Waals surface area contributed by atoms with E-state index in [1.807, 2.05) is 0 Å². The number of alkyl halides is 3. The minimum absolute atomic E-state index is 0.0569. The molecule has 0 radical (unpaired) electrons. The minimum atomic E-state index is -4.50. The zero-order chi connectivity index (χ0) is 15.6. The van der Waals surface area contributed by atoms with Crippen LogP contribution in [-0.2, 0) is 13.2 Å². The Morgan fingerprint density at radius 2 is 2.05 bits per heavy atom. The minimum Gasteiger partial charge on any atom is -0.495 e. The van der Waals surface area contributed by atoms with E-state index in [1.165, 1.54) is 24.1 Å². The number of hydrogen-bond acceptors (Lipinski definition) is 3. The van der Waals surface area contributed by atoms with Crippen LogP contribution in [-0.4, -0.2) is 22.8 Å². The smallest absolute Gasteiger partial charge is 0.416 e. The Morgan fingerprint density at radius 1 is 1.33 bits per heavy atom. The van der Waals surface area contributed by atoms with E-state index in [4.69, 9.17) is 4.74 Å². The van der Waals surface area contributed by atoms with Crippen molar-refractivity contribution in [2.24, 2.45) is 7.05 Å². The molecule has 0 aliphatic rings. The van der Waals surface area contributed by atoms with Gasteiger partial charge in [0.2, 0.25) is 0 Å². The normalized spacial score (nSPS) is 11.3. The number of nitrogens with one attached hydrogen (secondary N) is 1. The van der Waals surface area contributed by atoms with E-state index in [-0.39, 0.29) is 17.1 Å². The van der Waals surface area contributed by atoms with Gasteiger partial charge in [0.25, 0.3) is 5.91 Å². The van der Waals surface area contributed by atoms with Gasteiger partial charge in [0.15, 0.2) is 0 Å². The number of carbonyl (C=O) groups excluding carboxylic acids is 1. The Kier molecular flexibility index (Phi) is 3.88. The van der Waals surface area contributed by atoms with E-state index in [2.05, 4.69) is 10.4 Å². The van der Waals surface area contributed by atoms with Gasteiger partial charge in [0.1, 0.15) is 11.4 Å². The number of amides is 1. The highest BCUT2D eigenvalue weighted by Crippen LogP contribution is 2.35. The van der Waals surface area contributed by atoms with Gasteiger partial charge in [-0.25, -0.2) is 0 Å². The van der Waals surface area contributed by atoms with Gasteiger partial charge in [-0.05, 0) is 24.3 Å². The standard InChI is InChI=1S/C13H12F3N3O2/c1-19-10(5-6-17-19)12(20)18-9-7-8(13(14,15)16)3-4-11(9)21-2/h3-7H,1-2H3,(H,18,20). The molecule has 2 rings (SSSR count). The molecule has 1 aromatic heterocycles. The number of ether oxygens (including phenoxy) is 1. The second kappa shape index (κ2) is 5.47. The lowest BCUT2D eigenvalue weighted by atomic mass is 10.1. The first-order chi connectivity index (χ1) is 9.82. The molecule has 2 aromatic rings. The lowest BCUT2D eigenvalue weighted by Gasteiger charge is -2.13. The first-order valence-electron chi connectivity index (χ1n) is 5.87. The maximum atomic E-state index is 12.7. The van der Waals surface area contributed by atoms with Crippen LogP contribution >= 0.6 is 0 Å². The zero-order valence-electron chi connectivity index (χ0n) is 11.2. The van der Waals surface area contributed by atoms with Crippen LogP contribution in [0.3, 0.4) is 0 Å². The van der Waals surface area contributed by atoms with Crippen molar-refractivity contribution in [2.75, 3.05) is 12.4 Å². The van der Waals surface area contributed by atoms with E-state index in [0.29, 0.717) is 0 Å². The van der Waals surface area contributed by atoms with Crippen LogP contribution in [0.2, 0.25) is 0 Å². The van der Waals surface area contributed by atoms with Crippen LogP contribution in [0.4, 0.5) is 18.9 Å². The molecule has 0 atom stereocenters. The number of methoxy groups -OCH3 is 1. The SMILES string of the molecule is COc1ccc(C(F)(F)F)cc1NC(=O)c1ccnn1C. The molecular weight excluding hydrogens is 287 g/mol.